The van der Waals surface area contributed by atoms with Gasteiger partial charge in [0.05, 0.1) is 7.11 Å². The summed E-state index contributed by atoms with van der Waals surface area (Å²) in [5.41, 5.74) is 2.41. The average molecular weight is 272 g/mol. The number of carbonyl (C=O) groups is 1. The molecule has 0 aliphatic rings. The smallest absolute Gasteiger partial charge is 0.267 e. The van der Waals surface area contributed by atoms with Crippen LogP contribution in [-0.2, 0) is 6.54 Å². The Balaban J connectivity index is 2.27. The second kappa shape index (κ2) is 5.69. The van der Waals surface area contributed by atoms with Crippen LogP contribution >= 0.6 is 0 Å². The minimum absolute atomic E-state index is 0.0987. The molecule has 0 N–H and O–H groups in total. The number of aromatic nitrogens is 2. The summed E-state index contributed by atoms with van der Waals surface area (Å²) in [6, 6.07) is 8.28. The molecule has 0 bridgehead atoms. The normalized spacial score (nSPS) is 10.3. The summed E-state index contributed by atoms with van der Waals surface area (Å²) in [4.78, 5) is 23.9. The van der Waals surface area contributed by atoms with Crippen LogP contribution in [0, 0.1) is 13.8 Å². The fourth-order valence-electron chi connectivity index (χ4n) is 1.79. The van der Waals surface area contributed by atoms with E-state index in [-0.39, 0.29) is 17.9 Å². The zero-order valence-electron chi connectivity index (χ0n) is 11.7. The third-order valence-corrected chi connectivity index (χ3v) is 3.17. The van der Waals surface area contributed by atoms with Crippen LogP contribution in [0.3, 0.4) is 0 Å². The molecule has 0 saturated heterocycles. The molecule has 1 heterocycles. The maximum atomic E-state index is 12.2. The van der Waals surface area contributed by atoms with Gasteiger partial charge in [-0.25, -0.2) is 4.68 Å². The fraction of sp³-hybridized carbons (Fsp3) is 0.267. The SMILES string of the molecule is COc1ccc(=O)n(CC(=O)c2ccc(C)c(C)c2)n1. The van der Waals surface area contributed by atoms with E-state index in [9.17, 15) is 9.59 Å². The van der Waals surface area contributed by atoms with Crippen LogP contribution in [0.1, 0.15) is 21.5 Å². The van der Waals surface area contributed by atoms with Crippen LogP contribution in [0.25, 0.3) is 0 Å². The number of nitrogens with zero attached hydrogens (tertiary/aromatic N) is 2. The van der Waals surface area contributed by atoms with Gasteiger partial charge in [0.15, 0.2) is 5.78 Å². The highest BCUT2D eigenvalue weighted by atomic mass is 16.5. The molecule has 1 aromatic carbocycles. The molecule has 2 aromatic rings. The first-order chi connectivity index (χ1) is 9.51. The van der Waals surface area contributed by atoms with Gasteiger partial charge in [0.1, 0.15) is 6.54 Å². The van der Waals surface area contributed by atoms with Gasteiger partial charge in [0, 0.05) is 17.7 Å². The summed E-state index contributed by atoms with van der Waals surface area (Å²) in [6.45, 7) is 3.83. The molecule has 0 unspecified atom stereocenters. The maximum Gasteiger partial charge on any atom is 0.267 e. The van der Waals surface area contributed by atoms with E-state index in [1.54, 1.807) is 6.07 Å². The van der Waals surface area contributed by atoms with Crippen LogP contribution < -0.4 is 10.3 Å². The molecule has 5 nitrogen and oxygen atoms in total. The van der Waals surface area contributed by atoms with Gasteiger partial charge in [0.2, 0.25) is 5.88 Å². The molecule has 5 heteroatoms. The second-order valence-corrected chi connectivity index (χ2v) is 4.59. The van der Waals surface area contributed by atoms with Crippen molar-refractivity contribution in [2.75, 3.05) is 7.11 Å². The Morgan fingerprint density at radius 3 is 2.60 bits per heavy atom. The first-order valence-corrected chi connectivity index (χ1v) is 6.24. The van der Waals surface area contributed by atoms with Gasteiger partial charge in [-0.3, -0.25) is 9.59 Å². The van der Waals surface area contributed by atoms with Crippen molar-refractivity contribution >= 4 is 5.78 Å². The predicted molar refractivity (Wildman–Crippen MR) is 75.3 cm³/mol. The molecule has 0 aliphatic carbocycles. The molecule has 104 valence electrons. The number of aryl methyl sites for hydroxylation is 2. The van der Waals surface area contributed by atoms with Crippen molar-refractivity contribution in [3.8, 4) is 5.88 Å². The van der Waals surface area contributed by atoms with Crippen LogP contribution in [0.4, 0.5) is 0 Å². The summed E-state index contributed by atoms with van der Waals surface area (Å²) in [6.07, 6.45) is 0. The Bertz CT molecular complexity index is 705. The third kappa shape index (κ3) is 2.93. The Kier molecular flexibility index (Phi) is 3.98. The highest BCUT2D eigenvalue weighted by Gasteiger charge is 2.10. The number of hydrogen-bond donors (Lipinski definition) is 0. The monoisotopic (exact) mass is 272 g/mol. The summed E-state index contributed by atoms with van der Waals surface area (Å²) in [5, 5.41) is 3.96. The van der Waals surface area contributed by atoms with Gasteiger partial charge >= 0.3 is 0 Å². The number of hydrogen-bond acceptors (Lipinski definition) is 4. The van der Waals surface area contributed by atoms with E-state index in [0.717, 1.165) is 15.8 Å². The lowest BCUT2D eigenvalue weighted by Gasteiger charge is -2.07. The molecule has 1 aromatic heterocycles. The largest absolute Gasteiger partial charge is 0.480 e. The lowest BCUT2D eigenvalue weighted by atomic mass is 10.0. The van der Waals surface area contributed by atoms with Crippen LogP contribution in [-0.4, -0.2) is 22.7 Å². The zero-order chi connectivity index (χ0) is 14.7. The molecule has 0 aliphatic heterocycles. The standard InChI is InChI=1S/C15H16N2O3/c1-10-4-5-12(8-11(10)2)13(18)9-17-15(19)7-6-14(16-17)20-3/h4-8H,9H2,1-3H3. The molecular weight excluding hydrogens is 256 g/mol. The first kappa shape index (κ1) is 14.0. The Morgan fingerprint density at radius 1 is 1.20 bits per heavy atom. The number of ketones is 1. The molecule has 0 atom stereocenters. The van der Waals surface area contributed by atoms with E-state index in [2.05, 4.69) is 5.10 Å². The molecule has 2 rings (SSSR count). The van der Waals surface area contributed by atoms with E-state index >= 15 is 0 Å². The average Bonchev–Trinajstić information content (AvgIpc) is 2.44. The van der Waals surface area contributed by atoms with Crippen molar-refractivity contribution in [2.24, 2.45) is 0 Å². The highest BCUT2D eigenvalue weighted by Crippen LogP contribution is 2.11. The maximum absolute atomic E-state index is 12.2. The molecule has 0 saturated carbocycles. The second-order valence-electron chi connectivity index (χ2n) is 4.59. The quantitative estimate of drug-likeness (QED) is 0.796. The Hall–Kier alpha value is -2.43. The summed E-state index contributed by atoms with van der Waals surface area (Å²) in [5.74, 6) is 0.147. The molecular formula is C15H16N2O3. The van der Waals surface area contributed by atoms with Gasteiger partial charge < -0.3 is 4.74 Å². The lowest BCUT2D eigenvalue weighted by molar-refractivity contribution is 0.0965. The van der Waals surface area contributed by atoms with Gasteiger partial charge in [-0.15, -0.1) is 5.10 Å². The third-order valence-electron chi connectivity index (χ3n) is 3.17. The Labute approximate surface area is 116 Å². The van der Waals surface area contributed by atoms with Crippen LogP contribution in [0.15, 0.2) is 35.1 Å². The number of methoxy groups -OCH3 is 1. The molecule has 0 amide bonds. The minimum atomic E-state index is -0.331. The number of rotatable bonds is 4. The van der Waals surface area contributed by atoms with Crippen LogP contribution in [0.5, 0.6) is 5.88 Å². The Morgan fingerprint density at radius 2 is 1.95 bits per heavy atom. The van der Waals surface area contributed by atoms with E-state index in [1.165, 1.54) is 19.2 Å². The number of benzene rings is 1. The van der Waals surface area contributed by atoms with Crippen molar-refractivity contribution in [3.05, 3.63) is 57.4 Å². The van der Waals surface area contributed by atoms with Gasteiger partial charge in [-0.2, -0.15) is 0 Å². The highest BCUT2D eigenvalue weighted by molar-refractivity contribution is 5.96. The molecule has 0 fully saturated rings. The van der Waals surface area contributed by atoms with E-state index in [1.807, 2.05) is 26.0 Å². The van der Waals surface area contributed by atoms with Gasteiger partial charge in [-0.05, 0) is 31.0 Å². The van der Waals surface area contributed by atoms with Crippen molar-refractivity contribution in [3.63, 3.8) is 0 Å². The van der Waals surface area contributed by atoms with Crippen molar-refractivity contribution in [2.45, 2.75) is 20.4 Å². The zero-order valence-corrected chi connectivity index (χ0v) is 11.7. The van der Waals surface area contributed by atoms with E-state index in [0.29, 0.717) is 11.4 Å². The fourth-order valence-corrected chi connectivity index (χ4v) is 1.79. The number of Topliss-reactive ketones (excluding diaryl/α,β-unsaturated/α-hetero) is 1. The molecule has 20 heavy (non-hydrogen) atoms. The van der Waals surface area contributed by atoms with Gasteiger partial charge in [-0.1, -0.05) is 12.1 Å². The van der Waals surface area contributed by atoms with Crippen LogP contribution in [0.2, 0.25) is 0 Å². The summed E-state index contributed by atoms with van der Waals surface area (Å²) in [7, 11) is 1.46. The topological polar surface area (TPSA) is 61.2 Å². The van der Waals surface area contributed by atoms with Gasteiger partial charge in [0.25, 0.3) is 5.56 Å². The van der Waals surface area contributed by atoms with E-state index in [4.69, 9.17) is 4.74 Å². The minimum Gasteiger partial charge on any atom is -0.480 e. The molecule has 0 radical (unpaired) electrons. The lowest BCUT2D eigenvalue weighted by Crippen LogP contribution is -2.26. The predicted octanol–water partition coefficient (Wildman–Crippen LogP) is 1.75. The van der Waals surface area contributed by atoms with E-state index < -0.39 is 0 Å². The molecule has 0 spiro atoms. The number of carbonyl (C=O) groups excluding carboxylic acids is 1. The van der Waals surface area contributed by atoms with Crippen molar-refractivity contribution < 1.29 is 9.53 Å². The van der Waals surface area contributed by atoms with Crippen molar-refractivity contribution in [1.29, 1.82) is 0 Å². The number of ether oxygens (including phenoxy) is 1. The first-order valence-electron chi connectivity index (χ1n) is 6.24. The summed E-state index contributed by atoms with van der Waals surface area (Å²) < 4.78 is 6.06. The summed E-state index contributed by atoms with van der Waals surface area (Å²) >= 11 is 0. The van der Waals surface area contributed by atoms with Crippen molar-refractivity contribution in [1.82, 2.24) is 9.78 Å².